The molecule has 8 saturated carbocycles. The maximum atomic E-state index is 2.26. The van der Waals surface area contributed by atoms with E-state index in [4.69, 9.17) is 0 Å². The highest BCUT2D eigenvalue weighted by Gasteiger charge is 2.41. The van der Waals surface area contributed by atoms with E-state index in [2.05, 4.69) is 194 Å². The molecule has 0 radical (unpaired) electrons. The summed E-state index contributed by atoms with van der Waals surface area (Å²) in [5, 5.41) is 2.62. The summed E-state index contributed by atoms with van der Waals surface area (Å²) in [5.41, 5.74) is 6.00. The lowest BCUT2D eigenvalue weighted by atomic mass is 9.56. The Kier molecular flexibility index (Phi) is 34.3. The van der Waals surface area contributed by atoms with Gasteiger partial charge in [0.1, 0.15) is 0 Å². The summed E-state index contributed by atoms with van der Waals surface area (Å²) in [7, 11) is 0. The third-order valence-electron chi connectivity index (χ3n) is 17.0. The predicted octanol–water partition coefficient (Wildman–Crippen LogP) is 24.5. The first-order chi connectivity index (χ1) is 39.3. The number of rotatable bonds is 0. The van der Waals surface area contributed by atoms with Crippen molar-refractivity contribution in [2.24, 2.45) is 23.7 Å². The van der Waals surface area contributed by atoms with Crippen LogP contribution in [0.15, 0.2) is 188 Å². The highest BCUT2D eigenvalue weighted by molar-refractivity contribution is 5.82. The van der Waals surface area contributed by atoms with Crippen molar-refractivity contribution in [3.8, 4) is 0 Å². The average Bonchev–Trinajstić information content (AvgIpc) is 4.14. The molecule has 4 aromatic rings. The lowest BCUT2D eigenvalue weighted by Gasteiger charge is -2.49. The van der Waals surface area contributed by atoms with E-state index in [0.717, 1.165) is 25.7 Å². The van der Waals surface area contributed by atoms with E-state index in [-0.39, 0.29) is 0 Å². The molecule has 426 valence electrons. The van der Waals surface area contributed by atoms with Gasteiger partial charge in [-0.05, 0) is 179 Å². The van der Waals surface area contributed by atoms with Gasteiger partial charge in [-0.25, -0.2) is 0 Å². The van der Waals surface area contributed by atoms with E-state index in [9.17, 15) is 0 Å². The van der Waals surface area contributed by atoms with Crippen LogP contribution in [0.5, 0.6) is 0 Å². The third kappa shape index (κ3) is 30.5. The molecule has 0 aliphatic heterocycles. The molecule has 0 heterocycles. The van der Waals surface area contributed by atoms with Crippen LogP contribution in [-0.2, 0) is 19.3 Å². The van der Waals surface area contributed by atoms with Crippen molar-refractivity contribution in [3.05, 3.63) is 210 Å². The lowest BCUT2D eigenvalue weighted by molar-refractivity contribution is 0.0198. The predicted molar refractivity (Wildman–Crippen MR) is 352 cm³/mol. The fourth-order valence-corrected chi connectivity index (χ4v) is 12.2. The first-order valence-electron chi connectivity index (χ1n) is 33.1. The van der Waals surface area contributed by atoms with Crippen LogP contribution in [0, 0.1) is 23.7 Å². The Morgan fingerprint density at radius 3 is 0.835 bits per heavy atom. The van der Waals surface area contributed by atoms with Crippen LogP contribution in [0.3, 0.4) is 0 Å². The van der Waals surface area contributed by atoms with Gasteiger partial charge in [0.2, 0.25) is 0 Å². The first-order valence-corrected chi connectivity index (χ1v) is 33.1. The number of hydrogen-bond donors (Lipinski definition) is 0. The van der Waals surface area contributed by atoms with Gasteiger partial charge >= 0.3 is 0 Å². The molecule has 0 N–H and O–H groups in total. The third-order valence-corrected chi connectivity index (χ3v) is 17.0. The Hall–Kier alpha value is -4.94. The number of hydrogen-bond acceptors (Lipinski definition) is 0. The van der Waals surface area contributed by atoms with Gasteiger partial charge in [0.25, 0.3) is 0 Å². The zero-order valence-electron chi connectivity index (χ0n) is 49.9. The fraction of sp³-hybridized carbons (Fsp3) is 0.519. The van der Waals surface area contributed by atoms with E-state index >= 15 is 0 Å². The molecule has 79 heavy (non-hydrogen) atoms. The molecule has 18 rings (SSSR count). The molecule has 4 bridgehead atoms. The molecule has 4 aromatic carbocycles. The number of benzene rings is 4. The van der Waals surface area contributed by atoms with Crippen LogP contribution < -0.4 is 0 Å². The molecule has 0 atom stereocenters. The molecule has 0 spiro atoms. The van der Waals surface area contributed by atoms with Crippen LogP contribution in [0.4, 0.5) is 0 Å². The first kappa shape index (κ1) is 63.2. The van der Waals surface area contributed by atoms with Crippen LogP contribution in [0.1, 0.15) is 241 Å². The smallest absolute Gasteiger partial charge is 0.00882 e. The number of allylic oxidation sites excluding steroid dienone is 15. The maximum absolute atomic E-state index is 2.26. The van der Waals surface area contributed by atoms with Gasteiger partial charge in [-0.1, -0.05) is 310 Å². The number of aryl methyl sites for hydroxylation is 2. The Labute approximate surface area is 486 Å². The number of fused-ring (bicyclic) bond motifs is 3. The van der Waals surface area contributed by atoms with Crippen LogP contribution in [0.25, 0.3) is 16.8 Å². The standard InChI is InChI=1S/C10H16.C10H12.C10H8.C9H8.C6H12.2C6H8.C5H10.C5H8.C5H6.C4H8.C3H6/c1-7-2-9-4-8(1)5-10(3-7)6-9;2*1-2-6-10-8-4-3-7-9(10)5-1;1-2-5-9-7-3-6-8(9)4-1;3*1-2-4-6-5-3-1;3*1-2-4-5-3-1;1-2-4-3-1;1-2-3-1/h7-10H,1-6H2;1-2,5-6H,3-4,7-8H2;1-8H;1-6H,7H2;1-6H2;1-2,5-6H,3-4H2;1-4H,5-6H2;1-5H2;1-2H,3-5H2;1-4H,5H2;1-4H2;1-3H2. The van der Waals surface area contributed by atoms with Gasteiger partial charge in [-0.2, -0.15) is 0 Å². The van der Waals surface area contributed by atoms with Crippen molar-refractivity contribution < 1.29 is 0 Å². The van der Waals surface area contributed by atoms with Gasteiger partial charge in [0, 0.05) is 0 Å². The summed E-state index contributed by atoms with van der Waals surface area (Å²) in [5.74, 6) is 4.71. The summed E-state index contributed by atoms with van der Waals surface area (Å²) >= 11 is 0. The minimum atomic E-state index is 1.12. The highest BCUT2D eigenvalue weighted by atomic mass is 14.5. The monoisotopic (exact) mass is 1060 g/mol. The highest BCUT2D eigenvalue weighted by Crippen LogP contribution is 2.53. The molecule has 0 nitrogen and oxygen atoms in total. The molecule has 8 fully saturated rings. The lowest BCUT2D eigenvalue weighted by Crippen LogP contribution is -2.38. The van der Waals surface area contributed by atoms with Gasteiger partial charge in [-0.15, -0.1) is 0 Å². The Bertz CT molecular complexity index is 2150. The fourth-order valence-electron chi connectivity index (χ4n) is 12.2. The summed E-state index contributed by atoms with van der Waals surface area (Å²) in [6.07, 6.45) is 87.5. The van der Waals surface area contributed by atoms with Crippen molar-refractivity contribution >= 4 is 16.8 Å². The summed E-state index contributed by atoms with van der Waals surface area (Å²) < 4.78 is 0. The molecule has 0 saturated heterocycles. The molecular formula is C79H110. The SMILES string of the molecule is C1=CCC=C1.C1=CCC=CC1.C1=CCCC1.C1=CCCC=C1.C1=Cc2ccccc2C1.C1C2CC3CC1CC(C2)C3.C1CC1.C1CCC1.C1CCCC1.C1CCCCC1.c1ccc2c(c1)CCCC2.c1ccc2ccccc2c1. The van der Waals surface area contributed by atoms with Crippen LogP contribution in [0.2, 0.25) is 0 Å². The molecule has 0 unspecified atom stereocenters. The van der Waals surface area contributed by atoms with Crippen molar-refractivity contribution in [1.29, 1.82) is 0 Å². The zero-order valence-corrected chi connectivity index (χ0v) is 49.9. The van der Waals surface area contributed by atoms with E-state index in [1.165, 1.54) is 219 Å². The molecular weight excluding hydrogens is 949 g/mol. The van der Waals surface area contributed by atoms with Crippen LogP contribution >= 0.6 is 0 Å². The summed E-state index contributed by atoms with van der Waals surface area (Å²) in [6.45, 7) is 0. The summed E-state index contributed by atoms with van der Waals surface area (Å²) in [6, 6.07) is 34.0. The molecule has 14 aliphatic rings. The zero-order chi connectivity index (χ0) is 54.6. The van der Waals surface area contributed by atoms with E-state index in [1.54, 1.807) is 49.7 Å². The Morgan fingerprint density at radius 2 is 0.557 bits per heavy atom. The largest absolute Gasteiger partial charge is 0.0885 e. The van der Waals surface area contributed by atoms with Gasteiger partial charge < -0.3 is 0 Å². The second-order valence-corrected chi connectivity index (χ2v) is 24.2. The maximum Gasteiger partial charge on any atom is -0.00882 e. The van der Waals surface area contributed by atoms with Gasteiger partial charge in [0.15, 0.2) is 0 Å². The second-order valence-electron chi connectivity index (χ2n) is 24.2. The minimum absolute atomic E-state index is 1.12. The van der Waals surface area contributed by atoms with E-state index < -0.39 is 0 Å². The molecule has 14 aliphatic carbocycles. The summed E-state index contributed by atoms with van der Waals surface area (Å²) in [4.78, 5) is 0. The normalized spacial score (nSPS) is 22.9. The molecule has 0 aromatic heterocycles. The molecule has 0 amide bonds. The quantitative estimate of drug-likeness (QED) is 0.154. The average molecular weight is 1060 g/mol. The van der Waals surface area contributed by atoms with Gasteiger partial charge in [-0.3, -0.25) is 0 Å². The van der Waals surface area contributed by atoms with Crippen molar-refractivity contribution in [2.45, 2.75) is 238 Å². The van der Waals surface area contributed by atoms with E-state index in [1.807, 2.05) is 0 Å². The van der Waals surface area contributed by atoms with Crippen LogP contribution in [-0.4, -0.2) is 0 Å². The minimum Gasteiger partial charge on any atom is -0.0885 e. The molecule has 0 heteroatoms. The topological polar surface area (TPSA) is 0 Å². The Morgan fingerprint density at radius 1 is 0.241 bits per heavy atom. The van der Waals surface area contributed by atoms with Crippen molar-refractivity contribution in [2.75, 3.05) is 0 Å². The Balaban J connectivity index is 0.000000141. The van der Waals surface area contributed by atoms with Crippen molar-refractivity contribution in [1.82, 2.24) is 0 Å². The second kappa shape index (κ2) is 42.9. The van der Waals surface area contributed by atoms with Crippen molar-refractivity contribution in [3.63, 3.8) is 0 Å². The van der Waals surface area contributed by atoms with Gasteiger partial charge in [0.05, 0.1) is 0 Å². The van der Waals surface area contributed by atoms with E-state index in [0.29, 0.717) is 0 Å².